The van der Waals surface area contributed by atoms with Crippen LogP contribution >= 0.6 is 0 Å². The molecule has 0 aromatic heterocycles. The topological polar surface area (TPSA) is 0 Å². The first-order valence-electron chi connectivity index (χ1n) is 9.89. The van der Waals surface area contributed by atoms with E-state index in [1.54, 1.807) is 25.7 Å². The molecule has 22 heavy (non-hydrogen) atoms. The van der Waals surface area contributed by atoms with E-state index in [9.17, 15) is 0 Å². The van der Waals surface area contributed by atoms with E-state index in [2.05, 4.69) is 46.5 Å². The third-order valence-corrected chi connectivity index (χ3v) is 21.9. The van der Waals surface area contributed by atoms with Crippen LogP contribution in [-0.2, 0) is 0 Å². The van der Waals surface area contributed by atoms with Gasteiger partial charge in [-0.1, -0.05) is 0 Å². The van der Waals surface area contributed by atoms with Crippen LogP contribution in [0.2, 0.25) is 12.8 Å². The summed E-state index contributed by atoms with van der Waals surface area (Å²) in [4.78, 5) is 2.85. The monoisotopic (exact) mass is 409 g/mol. The van der Waals surface area contributed by atoms with E-state index in [-0.39, 0.29) is 0 Å². The second-order valence-electron chi connectivity index (χ2n) is 11.1. The van der Waals surface area contributed by atoms with Crippen LogP contribution in [0.3, 0.4) is 0 Å². The number of hydrogen-bond donors (Lipinski definition) is 0. The summed E-state index contributed by atoms with van der Waals surface area (Å²) in [6, 6.07) is 0. The van der Waals surface area contributed by atoms with Crippen molar-refractivity contribution in [2.45, 2.75) is 92.9 Å². The molecule has 0 saturated heterocycles. The molecule has 0 aromatic carbocycles. The van der Waals surface area contributed by atoms with Gasteiger partial charge in [0.15, 0.2) is 0 Å². The Morgan fingerprint density at radius 1 is 0.682 bits per heavy atom. The summed E-state index contributed by atoms with van der Waals surface area (Å²) in [7, 11) is 0. The Morgan fingerprint density at radius 2 is 1.05 bits per heavy atom. The van der Waals surface area contributed by atoms with Crippen molar-refractivity contribution in [2.75, 3.05) is 0 Å². The van der Waals surface area contributed by atoms with Gasteiger partial charge in [-0.25, -0.2) is 0 Å². The molecule has 0 N–H and O–H groups in total. The Morgan fingerprint density at radius 3 is 1.27 bits per heavy atom. The Hall–Kier alpha value is 0.799. The number of fused-ring (bicyclic) bond motifs is 4. The average Bonchev–Trinajstić information content (AvgIpc) is 2.96. The molecule has 4 aliphatic carbocycles. The molecule has 4 rings (SSSR count). The van der Waals surface area contributed by atoms with Crippen molar-refractivity contribution in [2.24, 2.45) is 33.5 Å². The van der Waals surface area contributed by atoms with Gasteiger partial charge in [-0.15, -0.1) is 0 Å². The van der Waals surface area contributed by atoms with E-state index in [0.29, 0.717) is 21.7 Å². The fourth-order valence-electron chi connectivity index (χ4n) is 8.03. The predicted octanol–water partition coefficient (Wildman–Crippen LogP) is 6.54. The summed E-state index contributed by atoms with van der Waals surface area (Å²) in [5.74, 6) is 2.11. The van der Waals surface area contributed by atoms with Gasteiger partial charge in [-0.3, -0.25) is 0 Å². The van der Waals surface area contributed by atoms with Crippen LogP contribution in [0.25, 0.3) is 0 Å². The third kappa shape index (κ3) is 1.63. The van der Waals surface area contributed by atoms with Crippen LogP contribution in [0.4, 0.5) is 0 Å². The minimum absolute atomic E-state index is 0.632. The van der Waals surface area contributed by atoms with Crippen molar-refractivity contribution in [1.29, 1.82) is 0 Å². The van der Waals surface area contributed by atoms with E-state index in [4.69, 9.17) is 0 Å². The molecule has 1 heteroatoms. The summed E-state index contributed by atoms with van der Waals surface area (Å²) in [6.45, 7) is 15.9. The zero-order valence-electron chi connectivity index (χ0n) is 16.1. The Balaban J connectivity index is 1.64. The SMILES string of the molecule is [CH3][Sn]([C@H]1C[C@H]2CC[C@]1(C)C2(C)C)[C@H]1C[C@H]2CC[C@]1(C)C2(C)C. The molecule has 0 heterocycles. The Bertz CT molecular complexity index is 448. The van der Waals surface area contributed by atoms with Crippen LogP contribution in [-0.4, -0.2) is 19.8 Å². The molecule has 4 saturated carbocycles. The molecule has 125 valence electrons. The van der Waals surface area contributed by atoms with Crippen molar-refractivity contribution in [3.8, 4) is 0 Å². The first-order chi connectivity index (χ1) is 10.1. The summed E-state index contributed by atoms with van der Waals surface area (Å²) in [5.41, 5.74) is 2.66. The van der Waals surface area contributed by atoms with Crippen LogP contribution in [0.1, 0.15) is 80.1 Å². The van der Waals surface area contributed by atoms with Crippen molar-refractivity contribution < 1.29 is 0 Å². The molecule has 0 aromatic rings. The molecule has 4 bridgehead atoms. The van der Waals surface area contributed by atoms with Gasteiger partial charge in [0, 0.05) is 0 Å². The number of rotatable bonds is 2. The maximum atomic E-state index is 2.85. The third-order valence-electron chi connectivity index (χ3n) is 10.7. The summed E-state index contributed by atoms with van der Waals surface area (Å²) in [5, 5.41) is 0. The van der Waals surface area contributed by atoms with Gasteiger partial charge < -0.3 is 0 Å². The molecule has 0 nitrogen and oxygen atoms in total. The molecule has 4 aliphatic rings. The van der Waals surface area contributed by atoms with Crippen molar-refractivity contribution in [3.05, 3.63) is 0 Å². The molecule has 1 radical (unpaired) electrons. The van der Waals surface area contributed by atoms with Crippen LogP contribution < -0.4 is 0 Å². The Kier molecular flexibility index (Phi) is 3.33. The molecular formula is C21H37Sn. The molecule has 0 spiro atoms. The molecular weight excluding hydrogens is 371 g/mol. The predicted molar refractivity (Wildman–Crippen MR) is 97.6 cm³/mol. The van der Waals surface area contributed by atoms with Crippen LogP contribution in [0, 0.1) is 33.5 Å². The van der Waals surface area contributed by atoms with Crippen molar-refractivity contribution in [3.63, 3.8) is 0 Å². The minimum atomic E-state index is -1.37. The summed E-state index contributed by atoms with van der Waals surface area (Å²) in [6.07, 6.45) is 9.39. The standard InChI is InChI=1S/2C10H17.CH3.Sn/c2*1-9(2)8-4-6-10(9,3)7-5-8;;/h2*6,8H,4-5,7H2,1-3H3;1H3;/t2*8-,10+;;/m00../s1. The van der Waals surface area contributed by atoms with Crippen molar-refractivity contribution in [1.82, 2.24) is 0 Å². The van der Waals surface area contributed by atoms with Gasteiger partial charge in [0.25, 0.3) is 0 Å². The summed E-state index contributed by atoms with van der Waals surface area (Å²) < 4.78 is 2.36. The Labute approximate surface area is 145 Å². The maximum absolute atomic E-state index is 2.85. The van der Waals surface area contributed by atoms with E-state index in [0.717, 1.165) is 11.8 Å². The van der Waals surface area contributed by atoms with Gasteiger partial charge in [-0.05, 0) is 0 Å². The molecule has 0 amide bonds. The molecule has 4 fully saturated rings. The van der Waals surface area contributed by atoms with Crippen LogP contribution in [0.15, 0.2) is 0 Å². The van der Waals surface area contributed by atoms with Crippen LogP contribution in [0.5, 0.6) is 0 Å². The second kappa shape index (κ2) is 4.50. The average molecular weight is 408 g/mol. The van der Waals surface area contributed by atoms with E-state index < -0.39 is 19.8 Å². The fourth-order valence-corrected chi connectivity index (χ4v) is 21.8. The fraction of sp³-hybridized carbons (Fsp3) is 1.00. The summed E-state index contributed by atoms with van der Waals surface area (Å²) >= 11 is -1.37. The molecule has 6 atom stereocenters. The van der Waals surface area contributed by atoms with Gasteiger partial charge in [0.05, 0.1) is 0 Å². The molecule has 0 unspecified atom stereocenters. The van der Waals surface area contributed by atoms with E-state index in [1.165, 1.54) is 20.7 Å². The normalized spacial score (nSPS) is 54.5. The van der Waals surface area contributed by atoms with E-state index in [1.807, 2.05) is 0 Å². The zero-order chi connectivity index (χ0) is 16.1. The second-order valence-corrected chi connectivity index (χ2v) is 19.3. The molecule has 0 aliphatic heterocycles. The van der Waals surface area contributed by atoms with Gasteiger partial charge in [0.1, 0.15) is 0 Å². The quantitative estimate of drug-likeness (QED) is 0.455. The van der Waals surface area contributed by atoms with Crippen molar-refractivity contribution >= 4 is 19.8 Å². The zero-order valence-corrected chi connectivity index (χ0v) is 18.9. The van der Waals surface area contributed by atoms with Gasteiger partial charge in [0.2, 0.25) is 0 Å². The first kappa shape index (κ1) is 16.3. The van der Waals surface area contributed by atoms with E-state index >= 15 is 0 Å². The number of hydrogen-bond acceptors (Lipinski definition) is 0. The van der Waals surface area contributed by atoms with Gasteiger partial charge in [-0.2, -0.15) is 0 Å². The van der Waals surface area contributed by atoms with Gasteiger partial charge >= 0.3 is 146 Å². The first-order valence-corrected chi connectivity index (χ1v) is 16.0.